The van der Waals surface area contributed by atoms with Crippen LogP contribution < -0.4 is 0 Å². The Labute approximate surface area is 145 Å². The molecule has 0 saturated carbocycles. The van der Waals surface area contributed by atoms with Gasteiger partial charge in [-0.15, -0.1) is 0 Å². The fourth-order valence-electron chi connectivity index (χ4n) is 2.20. The molecule has 2 unspecified atom stereocenters. The SMILES string of the molecule is CSC(C)c1noc(-c2c(C)nn(-c3cncnc3)c2S(C)=O)n1. The molecule has 2 atom stereocenters. The van der Waals surface area contributed by atoms with E-state index in [1.54, 1.807) is 35.1 Å². The van der Waals surface area contributed by atoms with Crippen molar-refractivity contribution in [2.45, 2.75) is 24.1 Å². The minimum Gasteiger partial charge on any atom is -0.334 e. The summed E-state index contributed by atoms with van der Waals surface area (Å²) in [5.41, 5.74) is 1.86. The molecule has 3 rings (SSSR count). The summed E-state index contributed by atoms with van der Waals surface area (Å²) >= 11 is 1.62. The molecule has 0 aliphatic rings. The second-order valence-electron chi connectivity index (χ2n) is 5.06. The average Bonchev–Trinajstić information content (AvgIpc) is 3.19. The van der Waals surface area contributed by atoms with Crippen molar-refractivity contribution in [3.63, 3.8) is 0 Å². The van der Waals surface area contributed by atoms with Crippen LogP contribution in [0, 0.1) is 6.92 Å². The first kappa shape index (κ1) is 16.8. The quantitative estimate of drug-likeness (QED) is 0.679. The number of aryl methyl sites for hydroxylation is 1. The Morgan fingerprint density at radius 3 is 2.67 bits per heavy atom. The molecular formula is C14H16N6O2S2. The van der Waals surface area contributed by atoms with Gasteiger partial charge in [0.15, 0.2) is 5.82 Å². The highest BCUT2D eigenvalue weighted by Gasteiger charge is 2.26. The standard InChI is InChI=1S/C14H16N6O2S2/c1-8-11(13-17-12(19-22-13)9(2)23-3)14(24(4)21)20(18-8)10-5-15-7-16-6-10/h5-7,9H,1-4H3. The monoisotopic (exact) mass is 364 g/mol. The topological polar surface area (TPSA) is 99.6 Å². The molecule has 0 radical (unpaired) electrons. The van der Waals surface area contributed by atoms with Gasteiger partial charge in [-0.25, -0.2) is 14.6 Å². The van der Waals surface area contributed by atoms with Crippen LogP contribution in [0.5, 0.6) is 0 Å². The molecule has 10 heteroatoms. The third-order valence-electron chi connectivity index (χ3n) is 3.45. The van der Waals surface area contributed by atoms with Crippen LogP contribution in [0.4, 0.5) is 0 Å². The van der Waals surface area contributed by atoms with E-state index in [1.165, 1.54) is 6.33 Å². The first-order valence-corrected chi connectivity index (χ1v) is 9.92. The van der Waals surface area contributed by atoms with Gasteiger partial charge in [-0.3, -0.25) is 4.21 Å². The van der Waals surface area contributed by atoms with Gasteiger partial charge < -0.3 is 4.52 Å². The Morgan fingerprint density at radius 1 is 1.33 bits per heavy atom. The van der Waals surface area contributed by atoms with Gasteiger partial charge in [0, 0.05) is 6.26 Å². The van der Waals surface area contributed by atoms with E-state index in [0.717, 1.165) is 0 Å². The third-order valence-corrected chi connectivity index (χ3v) is 5.29. The zero-order valence-corrected chi connectivity index (χ0v) is 15.3. The number of rotatable bonds is 5. The van der Waals surface area contributed by atoms with Gasteiger partial charge in [0.2, 0.25) is 0 Å². The van der Waals surface area contributed by atoms with E-state index in [-0.39, 0.29) is 5.25 Å². The lowest BCUT2D eigenvalue weighted by Crippen LogP contribution is -2.05. The third kappa shape index (κ3) is 2.98. The molecule has 0 aliphatic heterocycles. The second-order valence-corrected chi connectivity index (χ2v) is 7.54. The lowest BCUT2D eigenvalue weighted by molar-refractivity contribution is 0.422. The summed E-state index contributed by atoms with van der Waals surface area (Å²) in [5, 5.41) is 9.07. The van der Waals surface area contributed by atoms with Crippen molar-refractivity contribution in [1.29, 1.82) is 0 Å². The van der Waals surface area contributed by atoms with Crippen LogP contribution in [0.1, 0.15) is 23.7 Å². The number of thioether (sulfide) groups is 1. The van der Waals surface area contributed by atoms with Crippen LogP contribution in [0.25, 0.3) is 17.1 Å². The average molecular weight is 364 g/mol. The van der Waals surface area contributed by atoms with Gasteiger partial charge in [0.25, 0.3) is 5.89 Å². The molecule has 8 nitrogen and oxygen atoms in total. The van der Waals surface area contributed by atoms with Crippen molar-refractivity contribution in [2.24, 2.45) is 0 Å². The Morgan fingerprint density at radius 2 is 2.04 bits per heavy atom. The van der Waals surface area contributed by atoms with Crippen LogP contribution in [0.15, 0.2) is 28.3 Å². The summed E-state index contributed by atoms with van der Waals surface area (Å²) in [6.45, 7) is 3.81. The summed E-state index contributed by atoms with van der Waals surface area (Å²) in [6, 6.07) is 0. The molecule has 3 heterocycles. The van der Waals surface area contributed by atoms with Crippen molar-refractivity contribution < 1.29 is 8.73 Å². The Hall–Kier alpha value is -2.07. The molecule has 0 amide bonds. The molecule has 0 aromatic carbocycles. The number of hydrogen-bond donors (Lipinski definition) is 0. The highest BCUT2D eigenvalue weighted by Crippen LogP contribution is 2.32. The van der Waals surface area contributed by atoms with Gasteiger partial charge >= 0.3 is 0 Å². The molecule has 3 aromatic rings. The maximum absolute atomic E-state index is 12.4. The van der Waals surface area contributed by atoms with Gasteiger partial charge in [-0.1, -0.05) is 5.16 Å². The van der Waals surface area contributed by atoms with Gasteiger partial charge in [0.05, 0.1) is 39.7 Å². The molecule has 0 bridgehead atoms. The first-order chi connectivity index (χ1) is 11.5. The van der Waals surface area contributed by atoms with Crippen LogP contribution in [0.3, 0.4) is 0 Å². The number of aromatic nitrogens is 6. The van der Waals surface area contributed by atoms with E-state index in [1.807, 2.05) is 20.1 Å². The van der Waals surface area contributed by atoms with Crippen molar-refractivity contribution in [3.05, 3.63) is 30.2 Å². The summed E-state index contributed by atoms with van der Waals surface area (Å²) in [4.78, 5) is 12.4. The van der Waals surface area contributed by atoms with Crippen LogP contribution >= 0.6 is 11.8 Å². The molecule has 0 N–H and O–H groups in total. The molecule has 0 fully saturated rings. The molecule has 0 spiro atoms. The summed E-state index contributed by atoms with van der Waals surface area (Å²) in [6.07, 6.45) is 8.20. The Kier molecular flexibility index (Phi) is 4.76. The van der Waals surface area contributed by atoms with Crippen molar-refractivity contribution in [2.75, 3.05) is 12.5 Å². The zero-order chi connectivity index (χ0) is 17.3. The predicted octanol–water partition coefficient (Wildman–Crippen LogP) is 2.18. The van der Waals surface area contributed by atoms with E-state index in [4.69, 9.17) is 4.52 Å². The van der Waals surface area contributed by atoms with Crippen molar-refractivity contribution in [1.82, 2.24) is 29.9 Å². The van der Waals surface area contributed by atoms with Crippen LogP contribution in [0.2, 0.25) is 0 Å². The maximum Gasteiger partial charge on any atom is 0.262 e. The van der Waals surface area contributed by atoms with Gasteiger partial charge in [-0.2, -0.15) is 21.8 Å². The first-order valence-electron chi connectivity index (χ1n) is 7.08. The lowest BCUT2D eigenvalue weighted by Gasteiger charge is -2.04. The fraction of sp³-hybridized carbons (Fsp3) is 0.357. The Balaban J connectivity index is 2.17. The number of hydrogen-bond acceptors (Lipinski definition) is 8. The molecule has 3 aromatic heterocycles. The molecule has 0 saturated heterocycles. The molecular weight excluding hydrogens is 348 g/mol. The zero-order valence-electron chi connectivity index (χ0n) is 13.6. The normalized spacial score (nSPS) is 13.8. The van der Waals surface area contributed by atoms with E-state index in [9.17, 15) is 4.21 Å². The predicted molar refractivity (Wildman–Crippen MR) is 91.4 cm³/mol. The minimum absolute atomic E-state index is 0.107. The fourth-order valence-corrected chi connectivity index (χ4v) is 3.42. The van der Waals surface area contributed by atoms with E-state index < -0.39 is 10.8 Å². The van der Waals surface area contributed by atoms with Crippen molar-refractivity contribution >= 4 is 22.6 Å². The summed E-state index contributed by atoms with van der Waals surface area (Å²) in [7, 11) is -1.32. The maximum atomic E-state index is 12.4. The largest absolute Gasteiger partial charge is 0.334 e. The highest BCUT2D eigenvalue weighted by atomic mass is 32.2. The summed E-state index contributed by atoms with van der Waals surface area (Å²) < 4.78 is 19.3. The molecule has 24 heavy (non-hydrogen) atoms. The van der Waals surface area contributed by atoms with Crippen molar-refractivity contribution in [3.8, 4) is 17.1 Å². The van der Waals surface area contributed by atoms with E-state index in [2.05, 4.69) is 25.2 Å². The van der Waals surface area contributed by atoms with Gasteiger partial charge in [-0.05, 0) is 20.1 Å². The molecule has 0 aliphatic carbocycles. The summed E-state index contributed by atoms with van der Waals surface area (Å²) in [5.74, 6) is 0.914. The van der Waals surface area contributed by atoms with E-state index >= 15 is 0 Å². The minimum atomic E-state index is -1.32. The van der Waals surface area contributed by atoms with Gasteiger partial charge in [0.1, 0.15) is 17.0 Å². The van der Waals surface area contributed by atoms with Crippen LogP contribution in [-0.2, 0) is 10.8 Å². The molecule has 126 valence electrons. The second kappa shape index (κ2) is 6.81. The Bertz CT molecular complexity index is 877. The lowest BCUT2D eigenvalue weighted by atomic mass is 10.2. The van der Waals surface area contributed by atoms with Crippen LogP contribution in [-0.4, -0.2) is 46.6 Å². The smallest absolute Gasteiger partial charge is 0.262 e. The highest BCUT2D eigenvalue weighted by molar-refractivity contribution is 7.98. The number of nitrogens with zero attached hydrogens (tertiary/aromatic N) is 6. The van der Waals surface area contributed by atoms with E-state index in [0.29, 0.717) is 33.7 Å².